The maximum absolute atomic E-state index is 11.6. The third-order valence-corrected chi connectivity index (χ3v) is 3.71. The summed E-state index contributed by atoms with van der Waals surface area (Å²) in [6.07, 6.45) is 7.25. The summed E-state index contributed by atoms with van der Waals surface area (Å²) < 4.78 is 30.3. The average molecular weight is 432 g/mol. The fourth-order valence-corrected chi connectivity index (χ4v) is 2.23. The summed E-state index contributed by atoms with van der Waals surface area (Å²) in [5.74, 6) is -0.206. The third-order valence-electron chi connectivity index (χ3n) is 3.71. The van der Waals surface area contributed by atoms with Gasteiger partial charge in [0.05, 0.1) is 39.0 Å². The molecule has 0 aromatic rings. The van der Waals surface area contributed by atoms with E-state index in [0.29, 0.717) is 52.6 Å². The van der Waals surface area contributed by atoms with Crippen LogP contribution in [0.5, 0.6) is 0 Å². The van der Waals surface area contributed by atoms with E-state index in [-0.39, 0.29) is 19.2 Å². The first-order valence-electron chi connectivity index (χ1n) is 10.4. The van der Waals surface area contributed by atoms with Crippen LogP contribution in [-0.4, -0.2) is 71.5 Å². The minimum absolute atomic E-state index is 0.200. The molecule has 0 spiro atoms. The molecule has 0 rings (SSSR count). The molecule has 30 heavy (non-hydrogen) atoms. The van der Waals surface area contributed by atoms with Crippen LogP contribution in [0.3, 0.4) is 0 Å². The number of nitrogens with one attached hydrogen (secondary N) is 1. The SMILES string of the molecule is C=COCCOCCOC(=O)CCCCCCCNC(=O)OCCOCCOC=C. The van der Waals surface area contributed by atoms with Crippen LogP contribution in [0.2, 0.25) is 0 Å². The molecular weight excluding hydrogens is 394 g/mol. The number of rotatable bonds is 22. The molecular formula is C21H37NO8. The first-order valence-corrected chi connectivity index (χ1v) is 10.4. The number of ether oxygens (including phenoxy) is 6. The first kappa shape index (κ1) is 27.7. The molecule has 9 heteroatoms. The van der Waals surface area contributed by atoms with E-state index in [1.807, 2.05) is 0 Å². The normalized spacial score (nSPS) is 10.1. The van der Waals surface area contributed by atoms with Crippen molar-refractivity contribution < 1.29 is 38.0 Å². The zero-order valence-electron chi connectivity index (χ0n) is 17.9. The van der Waals surface area contributed by atoms with Crippen molar-refractivity contribution in [1.82, 2.24) is 5.32 Å². The van der Waals surface area contributed by atoms with E-state index in [4.69, 9.17) is 28.4 Å². The Morgan fingerprint density at radius 3 is 1.83 bits per heavy atom. The Labute approximate surface area is 179 Å². The van der Waals surface area contributed by atoms with E-state index in [0.717, 1.165) is 32.1 Å². The quantitative estimate of drug-likeness (QED) is 0.159. The number of esters is 1. The maximum Gasteiger partial charge on any atom is 0.407 e. The van der Waals surface area contributed by atoms with Crippen LogP contribution in [0.25, 0.3) is 0 Å². The Bertz CT molecular complexity index is 405. The van der Waals surface area contributed by atoms with Crippen LogP contribution in [0.4, 0.5) is 4.79 Å². The Hall–Kier alpha value is -2.26. The van der Waals surface area contributed by atoms with Crippen LogP contribution in [-0.2, 0) is 33.2 Å². The highest BCUT2D eigenvalue weighted by Crippen LogP contribution is 2.06. The lowest BCUT2D eigenvalue weighted by atomic mass is 10.1. The molecule has 174 valence electrons. The highest BCUT2D eigenvalue weighted by atomic mass is 16.6. The van der Waals surface area contributed by atoms with E-state index in [1.165, 1.54) is 12.5 Å². The monoisotopic (exact) mass is 431 g/mol. The summed E-state index contributed by atoms with van der Waals surface area (Å²) in [5, 5.41) is 2.69. The van der Waals surface area contributed by atoms with Gasteiger partial charge in [0.2, 0.25) is 0 Å². The number of carbonyl (C=O) groups is 2. The molecule has 0 aliphatic rings. The largest absolute Gasteiger partial charge is 0.499 e. The predicted molar refractivity (Wildman–Crippen MR) is 112 cm³/mol. The summed E-state index contributed by atoms with van der Waals surface area (Å²) in [5.41, 5.74) is 0. The zero-order valence-corrected chi connectivity index (χ0v) is 17.9. The maximum atomic E-state index is 11.6. The first-order chi connectivity index (χ1) is 14.7. The second-order valence-electron chi connectivity index (χ2n) is 6.10. The molecule has 0 saturated heterocycles. The lowest BCUT2D eigenvalue weighted by molar-refractivity contribution is -0.145. The van der Waals surface area contributed by atoms with Gasteiger partial charge >= 0.3 is 12.1 Å². The Kier molecular flexibility index (Phi) is 21.3. The van der Waals surface area contributed by atoms with Gasteiger partial charge in [-0.15, -0.1) is 0 Å². The van der Waals surface area contributed by atoms with Crippen molar-refractivity contribution >= 4 is 12.1 Å². The molecule has 9 nitrogen and oxygen atoms in total. The van der Waals surface area contributed by atoms with Crippen molar-refractivity contribution in [3.63, 3.8) is 0 Å². The van der Waals surface area contributed by atoms with Crippen LogP contribution < -0.4 is 5.32 Å². The number of hydrogen-bond acceptors (Lipinski definition) is 8. The molecule has 0 aliphatic heterocycles. The topological polar surface area (TPSA) is 102 Å². The predicted octanol–water partition coefficient (Wildman–Crippen LogP) is 2.95. The molecule has 0 aliphatic carbocycles. The number of amides is 1. The second kappa shape index (κ2) is 23.0. The summed E-state index contributed by atoms with van der Waals surface area (Å²) in [7, 11) is 0. The number of unbranched alkanes of at least 4 members (excludes halogenated alkanes) is 4. The van der Waals surface area contributed by atoms with Gasteiger partial charge in [0.1, 0.15) is 26.4 Å². The molecule has 0 fully saturated rings. The molecule has 0 heterocycles. The summed E-state index contributed by atoms with van der Waals surface area (Å²) in [6, 6.07) is 0. The molecule has 0 aromatic carbocycles. The Morgan fingerprint density at radius 2 is 1.20 bits per heavy atom. The summed E-state index contributed by atoms with van der Waals surface area (Å²) in [4.78, 5) is 23.0. The molecule has 0 radical (unpaired) electrons. The summed E-state index contributed by atoms with van der Waals surface area (Å²) in [6.45, 7) is 10.3. The van der Waals surface area contributed by atoms with Gasteiger partial charge in [0.25, 0.3) is 0 Å². The molecule has 0 atom stereocenters. The van der Waals surface area contributed by atoms with E-state index in [9.17, 15) is 9.59 Å². The van der Waals surface area contributed by atoms with Crippen molar-refractivity contribution in [2.45, 2.75) is 38.5 Å². The van der Waals surface area contributed by atoms with E-state index < -0.39 is 6.09 Å². The van der Waals surface area contributed by atoms with Gasteiger partial charge in [-0.3, -0.25) is 4.79 Å². The van der Waals surface area contributed by atoms with Gasteiger partial charge in [-0.05, 0) is 12.8 Å². The third kappa shape index (κ3) is 22.0. The van der Waals surface area contributed by atoms with Crippen molar-refractivity contribution in [2.24, 2.45) is 0 Å². The van der Waals surface area contributed by atoms with Gasteiger partial charge in [-0.2, -0.15) is 0 Å². The fourth-order valence-electron chi connectivity index (χ4n) is 2.23. The molecule has 0 unspecified atom stereocenters. The number of hydrogen-bond donors (Lipinski definition) is 1. The van der Waals surface area contributed by atoms with Crippen LogP contribution in [0, 0.1) is 0 Å². The standard InChI is InChI=1S/C21H37NO8/c1-3-25-12-14-27-16-18-29-20(23)10-8-6-5-7-9-11-22-21(24)30-19-17-28-15-13-26-4-2/h3-4H,1-2,5-19H2,(H,22,24). The Balaban J connectivity index is 3.27. The lowest BCUT2D eigenvalue weighted by Crippen LogP contribution is -2.26. The van der Waals surface area contributed by atoms with Gasteiger partial charge in [0.15, 0.2) is 0 Å². The van der Waals surface area contributed by atoms with E-state index in [1.54, 1.807) is 0 Å². The number of alkyl carbamates (subject to hydrolysis) is 1. The van der Waals surface area contributed by atoms with Crippen LogP contribution >= 0.6 is 0 Å². The fraction of sp³-hybridized carbons (Fsp3) is 0.714. The summed E-state index contributed by atoms with van der Waals surface area (Å²) >= 11 is 0. The second-order valence-corrected chi connectivity index (χ2v) is 6.10. The lowest BCUT2D eigenvalue weighted by Gasteiger charge is -2.08. The van der Waals surface area contributed by atoms with Gasteiger partial charge in [-0.1, -0.05) is 32.4 Å². The van der Waals surface area contributed by atoms with E-state index >= 15 is 0 Å². The van der Waals surface area contributed by atoms with Crippen LogP contribution in [0.15, 0.2) is 25.7 Å². The molecule has 0 bridgehead atoms. The molecule has 0 saturated carbocycles. The van der Waals surface area contributed by atoms with Crippen molar-refractivity contribution in [3.05, 3.63) is 25.7 Å². The van der Waals surface area contributed by atoms with Crippen LogP contribution in [0.1, 0.15) is 38.5 Å². The van der Waals surface area contributed by atoms with E-state index in [2.05, 4.69) is 18.5 Å². The minimum atomic E-state index is -0.444. The zero-order chi connectivity index (χ0) is 22.1. The number of carbonyl (C=O) groups excluding carboxylic acids is 2. The van der Waals surface area contributed by atoms with Crippen molar-refractivity contribution in [1.29, 1.82) is 0 Å². The highest BCUT2D eigenvalue weighted by Gasteiger charge is 2.03. The minimum Gasteiger partial charge on any atom is -0.499 e. The smallest absolute Gasteiger partial charge is 0.407 e. The van der Waals surface area contributed by atoms with Crippen molar-refractivity contribution in [2.75, 3.05) is 59.4 Å². The molecule has 1 N–H and O–H groups in total. The van der Waals surface area contributed by atoms with Gasteiger partial charge in [-0.25, -0.2) is 4.79 Å². The molecule has 1 amide bonds. The highest BCUT2D eigenvalue weighted by molar-refractivity contribution is 5.69. The average Bonchev–Trinajstić information content (AvgIpc) is 2.74. The Morgan fingerprint density at radius 1 is 0.667 bits per heavy atom. The van der Waals surface area contributed by atoms with Gasteiger partial charge < -0.3 is 33.7 Å². The van der Waals surface area contributed by atoms with Gasteiger partial charge in [0, 0.05) is 13.0 Å². The van der Waals surface area contributed by atoms with Crippen molar-refractivity contribution in [3.8, 4) is 0 Å². The molecule has 0 aromatic heterocycles.